The summed E-state index contributed by atoms with van der Waals surface area (Å²) in [6.07, 6.45) is 2.22. The molecule has 0 radical (unpaired) electrons. The van der Waals surface area contributed by atoms with Crippen LogP contribution in [0.25, 0.3) is 10.2 Å². The summed E-state index contributed by atoms with van der Waals surface area (Å²) in [4.78, 5) is 31.1. The second kappa shape index (κ2) is 7.98. The van der Waals surface area contributed by atoms with Gasteiger partial charge in [0.2, 0.25) is 5.91 Å². The van der Waals surface area contributed by atoms with Crippen LogP contribution in [-0.4, -0.2) is 29.7 Å². The number of nitrogens with zero attached hydrogens (tertiary/aromatic N) is 2. The minimum absolute atomic E-state index is 0.173. The molecule has 0 saturated carbocycles. The van der Waals surface area contributed by atoms with E-state index in [1.54, 1.807) is 12.1 Å². The van der Waals surface area contributed by atoms with Gasteiger partial charge in [-0.15, -0.1) is 11.3 Å². The van der Waals surface area contributed by atoms with Gasteiger partial charge in [0.1, 0.15) is 22.9 Å². The number of anilines is 1. The van der Waals surface area contributed by atoms with Crippen LogP contribution in [-0.2, 0) is 17.8 Å². The van der Waals surface area contributed by atoms with Crippen molar-refractivity contribution in [2.75, 3.05) is 19.5 Å². The SMILES string of the molecule is CCc1cc2c(=O)n(CC(=O)Nc3cc(OC)c(Cl)cc3OC)cnc2s1. The van der Waals surface area contributed by atoms with E-state index in [9.17, 15) is 9.59 Å². The van der Waals surface area contributed by atoms with Gasteiger partial charge in [0.05, 0.1) is 36.6 Å². The standard InChI is InChI=1S/C18H18ClN3O4S/c1-4-10-5-11-17(27-10)20-9-22(18(11)24)8-16(23)21-13-7-14(25-2)12(19)6-15(13)26-3/h5-7,9H,4,8H2,1-3H3,(H,21,23). The van der Waals surface area contributed by atoms with E-state index in [-0.39, 0.29) is 12.1 Å². The molecule has 0 unspecified atom stereocenters. The minimum Gasteiger partial charge on any atom is -0.495 e. The van der Waals surface area contributed by atoms with Crippen LogP contribution in [0.2, 0.25) is 5.02 Å². The van der Waals surface area contributed by atoms with E-state index in [4.69, 9.17) is 21.1 Å². The normalized spacial score (nSPS) is 10.8. The Morgan fingerprint density at radius 1 is 1.26 bits per heavy atom. The molecular formula is C18H18ClN3O4S. The van der Waals surface area contributed by atoms with Gasteiger partial charge in [-0.05, 0) is 12.5 Å². The molecule has 0 fully saturated rings. The Balaban J connectivity index is 1.85. The largest absolute Gasteiger partial charge is 0.495 e. The topological polar surface area (TPSA) is 82.5 Å². The molecule has 0 aliphatic rings. The molecule has 1 aromatic carbocycles. The third kappa shape index (κ3) is 3.91. The minimum atomic E-state index is -0.396. The molecule has 2 heterocycles. The maximum Gasteiger partial charge on any atom is 0.262 e. The Hall–Kier alpha value is -2.58. The van der Waals surface area contributed by atoms with Crippen molar-refractivity contribution in [1.82, 2.24) is 9.55 Å². The van der Waals surface area contributed by atoms with E-state index >= 15 is 0 Å². The van der Waals surface area contributed by atoms with E-state index in [0.29, 0.717) is 32.4 Å². The molecule has 3 rings (SSSR count). The van der Waals surface area contributed by atoms with Crippen molar-refractivity contribution in [1.29, 1.82) is 0 Å². The molecule has 7 nitrogen and oxygen atoms in total. The van der Waals surface area contributed by atoms with Crippen LogP contribution in [0.15, 0.2) is 29.3 Å². The molecule has 0 atom stereocenters. The molecule has 0 bridgehead atoms. The molecule has 3 aromatic rings. The number of aromatic nitrogens is 2. The fourth-order valence-corrected chi connectivity index (χ4v) is 3.76. The number of aryl methyl sites for hydroxylation is 1. The lowest BCUT2D eigenvalue weighted by Gasteiger charge is -2.13. The van der Waals surface area contributed by atoms with Gasteiger partial charge < -0.3 is 14.8 Å². The molecular weight excluding hydrogens is 390 g/mol. The van der Waals surface area contributed by atoms with Crippen molar-refractivity contribution in [3.63, 3.8) is 0 Å². The Kier molecular flexibility index (Phi) is 5.67. The monoisotopic (exact) mass is 407 g/mol. The van der Waals surface area contributed by atoms with Gasteiger partial charge in [-0.3, -0.25) is 14.2 Å². The Labute approximate surface area is 164 Å². The quantitative estimate of drug-likeness (QED) is 0.677. The maximum absolute atomic E-state index is 12.6. The summed E-state index contributed by atoms with van der Waals surface area (Å²) in [7, 11) is 2.95. The molecule has 0 saturated heterocycles. The predicted molar refractivity (Wildman–Crippen MR) is 106 cm³/mol. The number of benzene rings is 1. The zero-order chi connectivity index (χ0) is 19.6. The van der Waals surface area contributed by atoms with Crippen molar-refractivity contribution in [3.8, 4) is 11.5 Å². The predicted octanol–water partition coefficient (Wildman–Crippen LogP) is 3.33. The average Bonchev–Trinajstić information content (AvgIpc) is 3.09. The summed E-state index contributed by atoms with van der Waals surface area (Å²) in [5.74, 6) is 0.394. The number of hydrogen-bond donors (Lipinski definition) is 1. The van der Waals surface area contributed by atoms with Crippen LogP contribution in [0.1, 0.15) is 11.8 Å². The summed E-state index contributed by atoms with van der Waals surface area (Å²) >= 11 is 7.55. The summed E-state index contributed by atoms with van der Waals surface area (Å²) in [5.41, 5.74) is 0.154. The number of hydrogen-bond acceptors (Lipinski definition) is 6. The molecule has 2 aromatic heterocycles. The zero-order valence-corrected chi connectivity index (χ0v) is 16.6. The number of nitrogens with one attached hydrogen (secondary N) is 1. The van der Waals surface area contributed by atoms with Crippen LogP contribution in [0.5, 0.6) is 11.5 Å². The van der Waals surface area contributed by atoms with Gasteiger partial charge in [0.25, 0.3) is 5.56 Å². The lowest BCUT2D eigenvalue weighted by molar-refractivity contribution is -0.116. The maximum atomic E-state index is 12.6. The zero-order valence-electron chi connectivity index (χ0n) is 15.0. The fraction of sp³-hybridized carbons (Fsp3) is 0.278. The summed E-state index contributed by atoms with van der Waals surface area (Å²) < 4.78 is 11.7. The molecule has 27 heavy (non-hydrogen) atoms. The molecule has 0 aliphatic heterocycles. The highest BCUT2D eigenvalue weighted by Gasteiger charge is 2.15. The Morgan fingerprint density at radius 3 is 2.67 bits per heavy atom. The van der Waals surface area contributed by atoms with E-state index in [0.717, 1.165) is 11.3 Å². The van der Waals surface area contributed by atoms with E-state index in [1.165, 1.54) is 36.5 Å². The van der Waals surface area contributed by atoms with Crippen LogP contribution in [0.4, 0.5) is 5.69 Å². The molecule has 1 N–H and O–H groups in total. The second-order valence-electron chi connectivity index (χ2n) is 5.70. The van der Waals surface area contributed by atoms with Crippen molar-refractivity contribution in [3.05, 3.63) is 44.8 Å². The van der Waals surface area contributed by atoms with Crippen molar-refractivity contribution in [2.45, 2.75) is 19.9 Å². The van der Waals surface area contributed by atoms with Crippen LogP contribution < -0.4 is 20.3 Å². The Bertz CT molecular complexity index is 1060. The third-order valence-corrected chi connectivity index (χ3v) is 5.46. The van der Waals surface area contributed by atoms with Crippen molar-refractivity contribution < 1.29 is 14.3 Å². The Morgan fingerprint density at radius 2 is 2.00 bits per heavy atom. The first-order valence-electron chi connectivity index (χ1n) is 8.16. The van der Waals surface area contributed by atoms with Gasteiger partial charge in [-0.25, -0.2) is 4.98 Å². The van der Waals surface area contributed by atoms with Crippen molar-refractivity contribution in [2.24, 2.45) is 0 Å². The highest BCUT2D eigenvalue weighted by molar-refractivity contribution is 7.18. The molecule has 1 amide bonds. The van der Waals surface area contributed by atoms with E-state index in [1.807, 2.05) is 13.0 Å². The first-order chi connectivity index (χ1) is 13.0. The van der Waals surface area contributed by atoms with Gasteiger partial charge >= 0.3 is 0 Å². The smallest absolute Gasteiger partial charge is 0.262 e. The molecule has 0 aliphatic carbocycles. The van der Waals surface area contributed by atoms with Gasteiger partial charge in [-0.1, -0.05) is 18.5 Å². The van der Waals surface area contributed by atoms with Crippen LogP contribution in [0, 0.1) is 0 Å². The number of ether oxygens (including phenoxy) is 2. The number of carbonyl (C=O) groups excluding carboxylic acids is 1. The van der Waals surface area contributed by atoms with Crippen LogP contribution >= 0.6 is 22.9 Å². The van der Waals surface area contributed by atoms with Gasteiger partial charge in [-0.2, -0.15) is 0 Å². The van der Waals surface area contributed by atoms with E-state index < -0.39 is 5.91 Å². The van der Waals surface area contributed by atoms with Gasteiger partial charge in [0, 0.05) is 17.0 Å². The first-order valence-corrected chi connectivity index (χ1v) is 9.35. The number of carbonyl (C=O) groups is 1. The number of rotatable bonds is 6. The number of thiophene rings is 1. The summed E-state index contributed by atoms with van der Waals surface area (Å²) in [6, 6.07) is 4.94. The highest BCUT2D eigenvalue weighted by atomic mass is 35.5. The highest BCUT2D eigenvalue weighted by Crippen LogP contribution is 2.35. The summed E-state index contributed by atoms with van der Waals surface area (Å²) in [6.45, 7) is 1.84. The lowest BCUT2D eigenvalue weighted by Crippen LogP contribution is -2.27. The second-order valence-corrected chi connectivity index (χ2v) is 7.22. The summed E-state index contributed by atoms with van der Waals surface area (Å²) in [5, 5.41) is 3.61. The lowest BCUT2D eigenvalue weighted by atomic mass is 10.2. The van der Waals surface area contributed by atoms with E-state index in [2.05, 4.69) is 10.3 Å². The van der Waals surface area contributed by atoms with Gasteiger partial charge in [0.15, 0.2) is 0 Å². The molecule has 9 heteroatoms. The fourth-order valence-electron chi connectivity index (χ4n) is 2.60. The average molecular weight is 408 g/mol. The molecule has 142 valence electrons. The number of amides is 1. The van der Waals surface area contributed by atoms with Crippen LogP contribution in [0.3, 0.4) is 0 Å². The molecule has 0 spiro atoms. The number of halogens is 1. The first kappa shape index (κ1) is 19.2. The third-order valence-electron chi connectivity index (χ3n) is 3.98. The number of methoxy groups -OCH3 is 2. The number of fused-ring (bicyclic) bond motifs is 1. The van der Waals surface area contributed by atoms with Crippen molar-refractivity contribution >= 4 is 44.7 Å².